The number of allylic oxidation sites excluding steroid dienone is 1. The standard InChI is InChI=1S/C14H20O/c1-4-9-15-11-13-7-6-8-14(10-13)12(3)5-2/h4,6-10,12H,5,11H2,1-3H3. The predicted molar refractivity (Wildman–Crippen MR) is 64.8 cm³/mol. The van der Waals surface area contributed by atoms with Gasteiger partial charge in [-0.3, -0.25) is 0 Å². The van der Waals surface area contributed by atoms with Crippen molar-refractivity contribution in [3.63, 3.8) is 0 Å². The Kier molecular flexibility index (Phi) is 4.96. The van der Waals surface area contributed by atoms with Gasteiger partial charge in [0.05, 0.1) is 6.26 Å². The Balaban J connectivity index is 2.65. The van der Waals surface area contributed by atoms with Gasteiger partial charge >= 0.3 is 0 Å². The first-order valence-corrected chi connectivity index (χ1v) is 5.59. The van der Waals surface area contributed by atoms with E-state index in [4.69, 9.17) is 4.74 Å². The van der Waals surface area contributed by atoms with Crippen molar-refractivity contribution in [2.75, 3.05) is 0 Å². The number of hydrogen-bond donors (Lipinski definition) is 0. The van der Waals surface area contributed by atoms with Crippen LogP contribution in [0.5, 0.6) is 0 Å². The number of benzene rings is 1. The average Bonchev–Trinajstić information content (AvgIpc) is 2.29. The molecule has 0 aliphatic rings. The van der Waals surface area contributed by atoms with Crippen LogP contribution in [0.3, 0.4) is 0 Å². The molecule has 0 fully saturated rings. The average molecular weight is 204 g/mol. The fourth-order valence-corrected chi connectivity index (χ4v) is 1.47. The van der Waals surface area contributed by atoms with Crippen molar-refractivity contribution in [1.29, 1.82) is 0 Å². The summed E-state index contributed by atoms with van der Waals surface area (Å²) in [5.74, 6) is 0.631. The van der Waals surface area contributed by atoms with Crippen LogP contribution < -0.4 is 0 Å². The Bertz CT molecular complexity index is 315. The van der Waals surface area contributed by atoms with Crippen LogP contribution in [0.2, 0.25) is 0 Å². The first-order valence-electron chi connectivity index (χ1n) is 5.59. The minimum absolute atomic E-state index is 0.631. The summed E-state index contributed by atoms with van der Waals surface area (Å²) in [5, 5.41) is 0. The fourth-order valence-electron chi connectivity index (χ4n) is 1.47. The van der Waals surface area contributed by atoms with Gasteiger partial charge in [0.1, 0.15) is 6.61 Å². The lowest BCUT2D eigenvalue weighted by Crippen LogP contribution is -1.94. The molecule has 1 heteroatoms. The summed E-state index contributed by atoms with van der Waals surface area (Å²) in [6.45, 7) is 7.09. The van der Waals surface area contributed by atoms with Gasteiger partial charge in [0.15, 0.2) is 0 Å². The van der Waals surface area contributed by atoms with Crippen molar-refractivity contribution < 1.29 is 4.74 Å². The third-order valence-electron chi connectivity index (χ3n) is 2.61. The highest BCUT2D eigenvalue weighted by Crippen LogP contribution is 2.19. The van der Waals surface area contributed by atoms with E-state index in [0.29, 0.717) is 12.5 Å². The molecule has 0 radical (unpaired) electrons. The molecular formula is C14H20O. The van der Waals surface area contributed by atoms with E-state index in [1.807, 2.05) is 13.0 Å². The summed E-state index contributed by atoms with van der Waals surface area (Å²) < 4.78 is 5.36. The molecule has 0 aromatic heterocycles. The first-order chi connectivity index (χ1) is 7.27. The summed E-state index contributed by atoms with van der Waals surface area (Å²) in [6, 6.07) is 8.64. The second kappa shape index (κ2) is 6.28. The fraction of sp³-hybridized carbons (Fsp3) is 0.429. The molecule has 0 amide bonds. The van der Waals surface area contributed by atoms with Crippen LogP contribution in [0.4, 0.5) is 0 Å². The third-order valence-corrected chi connectivity index (χ3v) is 2.61. The van der Waals surface area contributed by atoms with Gasteiger partial charge in [-0.15, -0.1) is 0 Å². The van der Waals surface area contributed by atoms with Crippen molar-refractivity contribution in [1.82, 2.24) is 0 Å². The van der Waals surface area contributed by atoms with Crippen molar-refractivity contribution in [2.45, 2.75) is 39.7 Å². The van der Waals surface area contributed by atoms with Gasteiger partial charge in [0.25, 0.3) is 0 Å². The third kappa shape index (κ3) is 3.78. The van der Waals surface area contributed by atoms with Crippen LogP contribution in [0.25, 0.3) is 0 Å². The molecule has 1 unspecified atom stereocenters. The van der Waals surface area contributed by atoms with Gasteiger partial charge in [0.2, 0.25) is 0 Å². The minimum atomic E-state index is 0.631. The lowest BCUT2D eigenvalue weighted by Gasteiger charge is -2.10. The van der Waals surface area contributed by atoms with E-state index in [1.54, 1.807) is 6.26 Å². The maximum Gasteiger partial charge on any atom is 0.112 e. The van der Waals surface area contributed by atoms with Crippen molar-refractivity contribution in [2.24, 2.45) is 0 Å². The van der Waals surface area contributed by atoms with Gasteiger partial charge < -0.3 is 4.74 Å². The Morgan fingerprint density at radius 2 is 2.20 bits per heavy atom. The summed E-state index contributed by atoms with van der Waals surface area (Å²) in [7, 11) is 0. The smallest absolute Gasteiger partial charge is 0.112 e. The first kappa shape index (κ1) is 11.8. The monoisotopic (exact) mass is 204 g/mol. The lowest BCUT2D eigenvalue weighted by molar-refractivity contribution is 0.236. The summed E-state index contributed by atoms with van der Waals surface area (Å²) in [4.78, 5) is 0. The molecule has 15 heavy (non-hydrogen) atoms. The number of rotatable bonds is 5. The van der Waals surface area contributed by atoms with E-state index in [2.05, 4.69) is 38.1 Å². The van der Waals surface area contributed by atoms with E-state index in [0.717, 1.165) is 0 Å². The molecule has 0 N–H and O–H groups in total. The van der Waals surface area contributed by atoms with Crippen LogP contribution in [-0.4, -0.2) is 0 Å². The second-order valence-electron chi connectivity index (χ2n) is 3.83. The molecule has 0 aliphatic carbocycles. The quantitative estimate of drug-likeness (QED) is 0.651. The largest absolute Gasteiger partial charge is 0.497 e. The summed E-state index contributed by atoms with van der Waals surface area (Å²) in [6.07, 6.45) is 4.81. The highest BCUT2D eigenvalue weighted by atomic mass is 16.5. The van der Waals surface area contributed by atoms with Crippen LogP contribution >= 0.6 is 0 Å². The van der Waals surface area contributed by atoms with Crippen LogP contribution in [-0.2, 0) is 11.3 Å². The summed E-state index contributed by atoms with van der Waals surface area (Å²) in [5.41, 5.74) is 2.64. The Labute approximate surface area is 92.8 Å². The highest BCUT2D eigenvalue weighted by Gasteiger charge is 2.02. The molecule has 1 atom stereocenters. The number of hydrogen-bond acceptors (Lipinski definition) is 1. The van der Waals surface area contributed by atoms with Crippen LogP contribution in [0, 0.1) is 0 Å². The zero-order valence-corrected chi connectivity index (χ0v) is 9.86. The van der Waals surface area contributed by atoms with E-state index in [-0.39, 0.29) is 0 Å². The molecule has 0 aliphatic heterocycles. The molecule has 1 rings (SSSR count). The van der Waals surface area contributed by atoms with Gasteiger partial charge in [-0.05, 0) is 30.4 Å². The van der Waals surface area contributed by atoms with Gasteiger partial charge in [-0.2, -0.15) is 0 Å². The molecule has 0 bridgehead atoms. The van der Waals surface area contributed by atoms with Gasteiger partial charge in [-0.1, -0.05) is 44.2 Å². The Morgan fingerprint density at radius 1 is 1.40 bits per heavy atom. The minimum Gasteiger partial charge on any atom is -0.497 e. The van der Waals surface area contributed by atoms with Crippen molar-refractivity contribution in [3.05, 3.63) is 47.7 Å². The molecule has 0 saturated heterocycles. The van der Waals surface area contributed by atoms with E-state index in [1.165, 1.54) is 17.5 Å². The number of ether oxygens (including phenoxy) is 1. The van der Waals surface area contributed by atoms with Crippen LogP contribution in [0.15, 0.2) is 36.6 Å². The maximum atomic E-state index is 5.36. The molecule has 1 aromatic carbocycles. The molecular weight excluding hydrogens is 184 g/mol. The second-order valence-corrected chi connectivity index (χ2v) is 3.83. The van der Waals surface area contributed by atoms with Gasteiger partial charge in [-0.25, -0.2) is 0 Å². The summed E-state index contributed by atoms with van der Waals surface area (Å²) >= 11 is 0. The van der Waals surface area contributed by atoms with Crippen LogP contribution in [0.1, 0.15) is 44.2 Å². The highest BCUT2D eigenvalue weighted by molar-refractivity contribution is 5.25. The van der Waals surface area contributed by atoms with E-state index in [9.17, 15) is 0 Å². The molecule has 1 nitrogen and oxygen atoms in total. The molecule has 1 aromatic rings. The van der Waals surface area contributed by atoms with E-state index >= 15 is 0 Å². The van der Waals surface area contributed by atoms with Crippen molar-refractivity contribution in [3.8, 4) is 0 Å². The molecule has 0 spiro atoms. The topological polar surface area (TPSA) is 9.23 Å². The van der Waals surface area contributed by atoms with Crippen molar-refractivity contribution >= 4 is 0 Å². The lowest BCUT2D eigenvalue weighted by atomic mass is 9.97. The normalized spacial score (nSPS) is 13.0. The molecule has 0 heterocycles. The van der Waals surface area contributed by atoms with Gasteiger partial charge in [0, 0.05) is 0 Å². The zero-order chi connectivity index (χ0) is 11.1. The Hall–Kier alpha value is -1.24. The predicted octanol–water partition coefficient (Wildman–Crippen LogP) is 4.25. The van der Waals surface area contributed by atoms with E-state index < -0.39 is 0 Å². The zero-order valence-electron chi connectivity index (χ0n) is 9.86. The molecule has 82 valence electrons. The molecule has 0 saturated carbocycles. The SMILES string of the molecule is CC=COCc1cccc(C(C)CC)c1. The Morgan fingerprint density at radius 3 is 2.87 bits per heavy atom. The maximum absolute atomic E-state index is 5.36.